The first-order chi connectivity index (χ1) is 7.63. The molecule has 0 aliphatic rings. The predicted octanol–water partition coefficient (Wildman–Crippen LogP) is 1.11. The van der Waals surface area contributed by atoms with Crippen LogP contribution in [0.5, 0.6) is 0 Å². The van der Waals surface area contributed by atoms with Gasteiger partial charge in [0.05, 0.1) is 13.7 Å². The molecule has 0 aliphatic carbocycles. The van der Waals surface area contributed by atoms with Crippen molar-refractivity contribution in [1.82, 2.24) is 10.6 Å². The van der Waals surface area contributed by atoms with Crippen molar-refractivity contribution in [3.05, 3.63) is 22.4 Å². The van der Waals surface area contributed by atoms with E-state index >= 15 is 0 Å². The van der Waals surface area contributed by atoms with Crippen molar-refractivity contribution in [3.63, 3.8) is 0 Å². The van der Waals surface area contributed by atoms with E-state index in [0.717, 1.165) is 4.88 Å². The molecule has 0 saturated carbocycles. The van der Waals surface area contributed by atoms with Gasteiger partial charge in [-0.05, 0) is 18.4 Å². The highest BCUT2D eigenvalue weighted by Crippen LogP contribution is 2.06. The second kappa shape index (κ2) is 6.12. The van der Waals surface area contributed by atoms with Gasteiger partial charge in [0.1, 0.15) is 6.04 Å². The topological polar surface area (TPSA) is 67.4 Å². The molecule has 5 nitrogen and oxygen atoms in total. The molecule has 0 aromatic carbocycles. The standard InChI is InChI=1S/C10H14N2O3S/c1-7(9(13)15-2)12-10(14)11-6-8-4-3-5-16-8/h3-5,7H,6H2,1-2H3,(H2,11,12,14). The number of rotatable bonds is 4. The summed E-state index contributed by atoms with van der Waals surface area (Å²) in [5, 5.41) is 7.06. The van der Waals surface area contributed by atoms with E-state index in [-0.39, 0.29) is 6.03 Å². The molecule has 0 spiro atoms. The van der Waals surface area contributed by atoms with Gasteiger partial charge in [0.15, 0.2) is 0 Å². The van der Waals surface area contributed by atoms with Gasteiger partial charge in [0.25, 0.3) is 0 Å². The summed E-state index contributed by atoms with van der Waals surface area (Å²) in [5.41, 5.74) is 0. The van der Waals surface area contributed by atoms with Crippen LogP contribution >= 0.6 is 11.3 Å². The van der Waals surface area contributed by atoms with E-state index in [1.54, 1.807) is 18.3 Å². The second-order valence-corrected chi connectivity index (χ2v) is 4.18. The summed E-state index contributed by atoms with van der Waals surface area (Å²) in [4.78, 5) is 23.4. The van der Waals surface area contributed by atoms with E-state index in [1.165, 1.54) is 7.11 Å². The molecule has 2 amide bonds. The fourth-order valence-corrected chi connectivity index (χ4v) is 1.71. The normalized spacial score (nSPS) is 11.6. The Hall–Kier alpha value is -1.56. The van der Waals surface area contributed by atoms with E-state index in [9.17, 15) is 9.59 Å². The van der Waals surface area contributed by atoms with Crippen LogP contribution in [0.25, 0.3) is 0 Å². The summed E-state index contributed by atoms with van der Waals surface area (Å²) < 4.78 is 4.48. The fourth-order valence-electron chi connectivity index (χ4n) is 1.06. The van der Waals surface area contributed by atoms with Gasteiger partial charge in [-0.15, -0.1) is 11.3 Å². The van der Waals surface area contributed by atoms with Crippen LogP contribution in [0, 0.1) is 0 Å². The molecular weight excluding hydrogens is 228 g/mol. The van der Waals surface area contributed by atoms with Gasteiger partial charge in [0, 0.05) is 4.88 Å². The van der Waals surface area contributed by atoms with Crippen LogP contribution in [0.1, 0.15) is 11.8 Å². The van der Waals surface area contributed by atoms with Gasteiger partial charge in [-0.2, -0.15) is 0 Å². The Labute approximate surface area is 97.8 Å². The Bertz CT molecular complexity index is 351. The first-order valence-electron chi connectivity index (χ1n) is 4.78. The molecule has 0 fully saturated rings. The van der Waals surface area contributed by atoms with Crippen molar-refractivity contribution < 1.29 is 14.3 Å². The highest BCUT2D eigenvalue weighted by Gasteiger charge is 2.15. The maximum absolute atomic E-state index is 11.3. The second-order valence-electron chi connectivity index (χ2n) is 3.15. The lowest BCUT2D eigenvalue weighted by molar-refractivity contribution is -0.142. The third-order valence-electron chi connectivity index (χ3n) is 1.91. The summed E-state index contributed by atoms with van der Waals surface area (Å²) in [6, 6.07) is 2.81. The van der Waals surface area contributed by atoms with Gasteiger partial charge in [-0.25, -0.2) is 9.59 Å². The molecule has 1 rings (SSSR count). The molecular formula is C10H14N2O3S. The van der Waals surface area contributed by atoms with Crippen LogP contribution in [-0.2, 0) is 16.1 Å². The zero-order valence-corrected chi connectivity index (χ0v) is 9.97. The first-order valence-corrected chi connectivity index (χ1v) is 5.66. The van der Waals surface area contributed by atoms with Gasteiger partial charge in [-0.1, -0.05) is 6.07 Å². The molecule has 0 aliphatic heterocycles. The largest absolute Gasteiger partial charge is 0.467 e. The maximum Gasteiger partial charge on any atom is 0.328 e. The van der Waals surface area contributed by atoms with Gasteiger partial charge < -0.3 is 15.4 Å². The van der Waals surface area contributed by atoms with E-state index in [0.29, 0.717) is 6.54 Å². The smallest absolute Gasteiger partial charge is 0.328 e. The SMILES string of the molecule is COC(=O)C(C)NC(=O)NCc1cccs1. The lowest BCUT2D eigenvalue weighted by Crippen LogP contribution is -2.44. The number of nitrogens with one attached hydrogen (secondary N) is 2. The van der Waals surface area contributed by atoms with E-state index in [4.69, 9.17) is 0 Å². The quantitative estimate of drug-likeness (QED) is 0.777. The molecule has 1 aromatic rings. The van der Waals surface area contributed by atoms with Crippen LogP contribution in [0.15, 0.2) is 17.5 Å². The summed E-state index contributed by atoms with van der Waals surface area (Å²) in [7, 11) is 1.28. The van der Waals surface area contributed by atoms with Crippen molar-refractivity contribution in [2.24, 2.45) is 0 Å². The molecule has 1 atom stereocenters. The Morgan fingerprint density at radius 1 is 1.56 bits per heavy atom. The Kier molecular flexibility index (Phi) is 4.78. The average Bonchev–Trinajstić information content (AvgIpc) is 2.78. The number of methoxy groups -OCH3 is 1. The fraction of sp³-hybridized carbons (Fsp3) is 0.400. The van der Waals surface area contributed by atoms with Crippen LogP contribution in [0.4, 0.5) is 4.79 Å². The maximum atomic E-state index is 11.3. The van der Waals surface area contributed by atoms with Crippen LogP contribution in [0.3, 0.4) is 0 Å². The van der Waals surface area contributed by atoms with E-state index < -0.39 is 12.0 Å². The van der Waals surface area contributed by atoms with E-state index in [1.807, 2.05) is 17.5 Å². The Balaban J connectivity index is 2.28. The molecule has 0 bridgehead atoms. The molecule has 1 aromatic heterocycles. The molecule has 6 heteroatoms. The number of amides is 2. The number of carbonyl (C=O) groups is 2. The monoisotopic (exact) mass is 242 g/mol. The van der Waals surface area contributed by atoms with Crippen molar-refractivity contribution >= 4 is 23.3 Å². The van der Waals surface area contributed by atoms with Gasteiger partial charge in [-0.3, -0.25) is 0 Å². The first kappa shape index (κ1) is 12.5. The lowest BCUT2D eigenvalue weighted by Gasteiger charge is -2.11. The minimum atomic E-state index is -0.645. The highest BCUT2D eigenvalue weighted by atomic mass is 32.1. The number of carbonyl (C=O) groups excluding carboxylic acids is 2. The molecule has 0 radical (unpaired) electrons. The van der Waals surface area contributed by atoms with Crippen molar-refractivity contribution in [1.29, 1.82) is 0 Å². The third-order valence-corrected chi connectivity index (χ3v) is 2.78. The number of hydrogen-bond acceptors (Lipinski definition) is 4. The molecule has 1 heterocycles. The highest BCUT2D eigenvalue weighted by molar-refractivity contribution is 7.09. The number of hydrogen-bond donors (Lipinski definition) is 2. The Morgan fingerprint density at radius 3 is 2.88 bits per heavy atom. The van der Waals surface area contributed by atoms with Crippen LogP contribution in [-0.4, -0.2) is 25.2 Å². The summed E-state index contributed by atoms with van der Waals surface area (Å²) in [6.45, 7) is 2.02. The van der Waals surface area contributed by atoms with Crippen molar-refractivity contribution in [2.45, 2.75) is 19.5 Å². The summed E-state index contributed by atoms with van der Waals surface area (Å²) in [6.07, 6.45) is 0. The Morgan fingerprint density at radius 2 is 2.31 bits per heavy atom. The van der Waals surface area contributed by atoms with E-state index in [2.05, 4.69) is 15.4 Å². The number of urea groups is 1. The van der Waals surface area contributed by atoms with Crippen LogP contribution < -0.4 is 10.6 Å². The predicted molar refractivity (Wildman–Crippen MR) is 61.2 cm³/mol. The molecule has 0 saturated heterocycles. The number of esters is 1. The minimum absolute atomic E-state index is 0.383. The lowest BCUT2D eigenvalue weighted by atomic mass is 10.3. The van der Waals surface area contributed by atoms with Gasteiger partial charge in [0.2, 0.25) is 0 Å². The minimum Gasteiger partial charge on any atom is -0.467 e. The van der Waals surface area contributed by atoms with Crippen LogP contribution in [0.2, 0.25) is 0 Å². The molecule has 1 unspecified atom stereocenters. The van der Waals surface area contributed by atoms with Crippen molar-refractivity contribution in [3.8, 4) is 0 Å². The van der Waals surface area contributed by atoms with Gasteiger partial charge >= 0.3 is 12.0 Å². The molecule has 88 valence electrons. The zero-order chi connectivity index (χ0) is 12.0. The third kappa shape index (κ3) is 3.90. The number of thiophene rings is 1. The average molecular weight is 242 g/mol. The molecule has 2 N–H and O–H groups in total. The summed E-state index contributed by atoms with van der Waals surface area (Å²) in [5.74, 6) is -0.466. The molecule has 16 heavy (non-hydrogen) atoms. The zero-order valence-electron chi connectivity index (χ0n) is 9.15. The number of ether oxygens (including phenoxy) is 1. The summed E-state index contributed by atoms with van der Waals surface area (Å²) >= 11 is 1.56. The van der Waals surface area contributed by atoms with Crippen molar-refractivity contribution in [2.75, 3.05) is 7.11 Å².